The molecule has 0 saturated carbocycles. The number of nitrogens with one attached hydrogen (secondary N) is 1. The Balaban J connectivity index is 1.78. The summed E-state index contributed by atoms with van der Waals surface area (Å²) in [5.41, 5.74) is 2.06. The Bertz CT molecular complexity index is 1020. The van der Waals surface area contributed by atoms with Gasteiger partial charge in [0.25, 0.3) is 5.91 Å². The van der Waals surface area contributed by atoms with Crippen molar-refractivity contribution in [2.45, 2.75) is 19.4 Å². The first-order valence-electron chi connectivity index (χ1n) is 9.41. The molecule has 0 radical (unpaired) electrons. The van der Waals surface area contributed by atoms with Crippen molar-refractivity contribution in [3.8, 4) is 11.4 Å². The fourth-order valence-corrected chi connectivity index (χ4v) is 3.23. The SMILES string of the molecule is CCOC(=O)CC(NC(=O)c1ccc(-n2cc(Br)cn2)cc1)c1cccc(OC)c1. The molecule has 0 fully saturated rings. The first kappa shape index (κ1) is 21.6. The van der Waals surface area contributed by atoms with Crippen molar-refractivity contribution in [3.63, 3.8) is 0 Å². The van der Waals surface area contributed by atoms with Crippen LogP contribution < -0.4 is 10.1 Å². The number of esters is 1. The lowest BCUT2D eigenvalue weighted by atomic mass is 10.0. The molecule has 1 aromatic heterocycles. The predicted molar refractivity (Wildman–Crippen MR) is 116 cm³/mol. The van der Waals surface area contributed by atoms with Crippen LogP contribution in [0.1, 0.15) is 35.3 Å². The summed E-state index contributed by atoms with van der Waals surface area (Å²) in [5, 5.41) is 7.15. The summed E-state index contributed by atoms with van der Waals surface area (Å²) < 4.78 is 12.9. The van der Waals surface area contributed by atoms with Gasteiger partial charge >= 0.3 is 5.97 Å². The van der Waals surface area contributed by atoms with Gasteiger partial charge in [-0.1, -0.05) is 12.1 Å². The lowest BCUT2D eigenvalue weighted by Crippen LogP contribution is -2.30. The van der Waals surface area contributed by atoms with Gasteiger partial charge in [-0.15, -0.1) is 0 Å². The van der Waals surface area contributed by atoms with E-state index in [1.54, 1.807) is 61.3 Å². The van der Waals surface area contributed by atoms with E-state index in [-0.39, 0.29) is 24.9 Å². The molecule has 3 rings (SSSR count). The lowest BCUT2D eigenvalue weighted by Gasteiger charge is -2.19. The molecule has 0 spiro atoms. The maximum absolute atomic E-state index is 12.8. The van der Waals surface area contributed by atoms with Gasteiger partial charge in [-0.05, 0) is 64.8 Å². The number of halogens is 1. The molecule has 0 bridgehead atoms. The van der Waals surface area contributed by atoms with Crippen molar-refractivity contribution in [2.75, 3.05) is 13.7 Å². The van der Waals surface area contributed by atoms with E-state index in [2.05, 4.69) is 26.3 Å². The van der Waals surface area contributed by atoms with Crippen LogP contribution in [0.2, 0.25) is 0 Å². The van der Waals surface area contributed by atoms with Gasteiger partial charge in [0, 0.05) is 11.8 Å². The number of hydrogen-bond donors (Lipinski definition) is 1. The number of hydrogen-bond acceptors (Lipinski definition) is 5. The van der Waals surface area contributed by atoms with Gasteiger partial charge in [-0.25, -0.2) is 4.68 Å². The van der Waals surface area contributed by atoms with Crippen LogP contribution in [0.25, 0.3) is 5.69 Å². The van der Waals surface area contributed by atoms with E-state index in [1.807, 2.05) is 18.3 Å². The second-order valence-corrected chi connectivity index (χ2v) is 7.38. The van der Waals surface area contributed by atoms with Crippen LogP contribution in [0.4, 0.5) is 0 Å². The number of carbonyl (C=O) groups is 2. The zero-order valence-corrected chi connectivity index (χ0v) is 18.3. The zero-order valence-electron chi connectivity index (χ0n) is 16.7. The quantitative estimate of drug-likeness (QED) is 0.500. The number of amides is 1. The summed E-state index contributed by atoms with van der Waals surface area (Å²) in [4.78, 5) is 24.9. The van der Waals surface area contributed by atoms with Crippen molar-refractivity contribution < 1.29 is 19.1 Å². The van der Waals surface area contributed by atoms with Crippen molar-refractivity contribution in [3.05, 3.63) is 76.5 Å². The number of carbonyl (C=O) groups excluding carboxylic acids is 2. The third-order valence-corrected chi connectivity index (χ3v) is 4.83. The largest absolute Gasteiger partial charge is 0.497 e. The molecule has 1 N–H and O–H groups in total. The smallest absolute Gasteiger partial charge is 0.308 e. The average molecular weight is 472 g/mol. The van der Waals surface area contributed by atoms with Crippen LogP contribution >= 0.6 is 15.9 Å². The topological polar surface area (TPSA) is 82.5 Å². The minimum atomic E-state index is -0.548. The van der Waals surface area contributed by atoms with E-state index in [4.69, 9.17) is 9.47 Å². The molecular formula is C22H22BrN3O4. The molecule has 7 nitrogen and oxygen atoms in total. The van der Waals surface area contributed by atoms with Gasteiger partial charge in [0.2, 0.25) is 0 Å². The predicted octanol–water partition coefficient (Wildman–Crippen LogP) is 4.07. The number of nitrogens with zero attached hydrogens (tertiary/aromatic N) is 2. The Hall–Kier alpha value is -3.13. The van der Waals surface area contributed by atoms with Gasteiger partial charge < -0.3 is 14.8 Å². The summed E-state index contributed by atoms with van der Waals surface area (Å²) in [5.74, 6) is -0.0316. The number of benzene rings is 2. The first-order valence-corrected chi connectivity index (χ1v) is 10.2. The molecule has 0 aliphatic rings. The second kappa shape index (κ2) is 10.1. The van der Waals surface area contributed by atoms with Crippen LogP contribution in [0, 0.1) is 0 Å². The highest BCUT2D eigenvalue weighted by Gasteiger charge is 2.20. The summed E-state index contributed by atoms with van der Waals surface area (Å²) in [6.45, 7) is 2.03. The maximum atomic E-state index is 12.8. The molecule has 2 aromatic carbocycles. The van der Waals surface area contributed by atoms with Gasteiger partial charge in [-0.3, -0.25) is 9.59 Å². The van der Waals surface area contributed by atoms with Crippen LogP contribution in [0.15, 0.2) is 65.4 Å². The molecule has 0 saturated heterocycles. The van der Waals surface area contributed by atoms with Gasteiger partial charge in [0.1, 0.15) is 5.75 Å². The van der Waals surface area contributed by atoms with E-state index in [0.29, 0.717) is 11.3 Å². The Labute approximate surface area is 183 Å². The molecule has 1 amide bonds. The highest BCUT2D eigenvalue weighted by atomic mass is 79.9. The highest BCUT2D eigenvalue weighted by molar-refractivity contribution is 9.10. The van der Waals surface area contributed by atoms with E-state index < -0.39 is 6.04 Å². The molecule has 156 valence electrons. The summed E-state index contributed by atoms with van der Waals surface area (Å²) in [6, 6.07) is 13.7. The molecule has 8 heteroatoms. The first-order chi connectivity index (χ1) is 14.5. The molecule has 0 aliphatic heterocycles. The van der Waals surface area contributed by atoms with E-state index in [9.17, 15) is 9.59 Å². The number of ether oxygens (including phenoxy) is 2. The Morgan fingerprint density at radius 2 is 1.97 bits per heavy atom. The van der Waals surface area contributed by atoms with Gasteiger partial charge in [0.15, 0.2) is 0 Å². The van der Waals surface area contributed by atoms with Crippen molar-refractivity contribution in [2.24, 2.45) is 0 Å². The Morgan fingerprint density at radius 3 is 2.60 bits per heavy atom. The van der Waals surface area contributed by atoms with Crippen LogP contribution in [-0.4, -0.2) is 35.4 Å². The zero-order chi connectivity index (χ0) is 21.5. The van der Waals surface area contributed by atoms with E-state index >= 15 is 0 Å². The summed E-state index contributed by atoms with van der Waals surface area (Å²) in [6.07, 6.45) is 3.54. The van der Waals surface area contributed by atoms with E-state index in [1.165, 1.54) is 0 Å². The Morgan fingerprint density at radius 1 is 1.20 bits per heavy atom. The fraction of sp³-hybridized carbons (Fsp3) is 0.227. The minimum absolute atomic E-state index is 0.0200. The lowest BCUT2D eigenvalue weighted by molar-refractivity contribution is -0.143. The fourth-order valence-electron chi connectivity index (χ4n) is 2.95. The second-order valence-electron chi connectivity index (χ2n) is 6.46. The molecule has 3 aromatic rings. The summed E-state index contributed by atoms with van der Waals surface area (Å²) in [7, 11) is 1.57. The van der Waals surface area contributed by atoms with Crippen LogP contribution in [-0.2, 0) is 9.53 Å². The van der Waals surface area contributed by atoms with E-state index in [0.717, 1.165) is 15.7 Å². The maximum Gasteiger partial charge on any atom is 0.308 e. The third-order valence-electron chi connectivity index (χ3n) is 4.42. The monoisotopic (exact) mass is 471 g/mol. The average Bonchev–Trinajstić information content (AvgIpc) is 3.20. The molecule has 1 heterocycles. The van der Waals surface area contributed by atoms with Gasteiger partial charge in [-0.2, -0.15) is 5.10 Å². The van der Waals surface area contributed by atoms with Crippen molar-refractivity contribution >= 4 is 27.8 Å². The molecule has 30 heavy (non-hydrogen) atoms. The number of aromatic nitrogens is 2. The molecular weight excluding hydrogens is 450 g/mol. The minimum Gasteiger partial charge on any atom is -0.497 e. The Kier molecular flexibility index (Phi) is 7.24. The number of methoxy groups -OCH3 is 1. The number of rotatable bonds is 8. The standard InChI is InChI=1S/C22H22BrN3O4/c1-3-30-21(27)12-20(16-5-4-6-19(11-16)29-2)25-22(28)15-7-9-18(10-8-15)26-14-17(23)13-24-26/h4-11,13-14,20H,3,12H2,1-2H3,(H,25,28). The molecule has 1 atom stereocenters. The molecule has 0 aliphatic carbocycles. The van der Waals surface area contributed by atoms with Crippen LogP contribution in [0.3, 0.4) is 0 Å². The van der Waals surface area contributed by atoms with Crippen LogP contribution in [0.5, 0.6) is 5.75 Å². The third kappa shape index (κ3) is 5.48. The summed E-state index contributed by atoms with van der Waals surface area (Å²) >= 11 is 3.36. The van der Waals surface area contributed by atoms with Crippen molar-refractivity contribution in [1.29, 1.82) is 0 Å². The highest BCUT2D eigenvalue weighted by Crippen LogP contribution is 2.23. The van der Waals surface area contributed by atoms with Gasteiger partial charge in [0.05, 0.1) is 42.5 Å². The normalized spacial score (nSPS) is 11.6. The molecule has 1 unspecified atom stereocenters. The van der Waals surface area contributed by atoms with Crippen molar-refractivity contribution in [1.82, 2.24) is 15.1 Å².